The average molecular weight is 348 g/mol. The number of aryl methyl sites for hydroxylation is 1. The molecule has 1 fully saturated rings. The number of benzene rings is 2. The van der Waals surface area contributed by atoms with Crippen molar-refractivity contribution in [3.8, 4) is 0 Å². The maximum atomic E-state index is 13.1. The van der Waals surface area contributed by atoms with Crippen molar-refractivity contribution in [3.05, 3.63) is 70.8 Å². The number of rotatable bonds is 4. The van der Waals surface area contributed by atoms with Gasteiger partial charge in [0.05, 0.1) is 6.04 Å². The Labute approximate surface area is 157 Å². The molecular weight excluding hydrogens is 318 g/mol. The number of hydrogen-bond acceptors (Lipinski definition) is 1. The Hall–Kier alpha value is -2.09. The third-order valence-electron chi connectivity index (χ3n) is 6.24. The van der Waals surface area contributed by atoms with Gasteiger partial charge in [0, 0.05) is 13.0 Å². The molecule has 0 aromatic heterocycles. The van der Waals surface area contributed by atoms with E-state index < -0.39 is 0 Å². The summed E-state index contributed by atoms with van der Waals surface area (Å²) >= 11 is 0. The molecule has 1 aliphatic heterocycles. The molecule has 4 rings (SSSR count). The highest BCUT2D eigenvalue weighted by molar-refractivity contribution is 5.78. The lowest BCUT2D eigenvalue weighted by Crippen LogP contribution is -2.40. The Morgan fingerprint density at radius 1 is 1.04 bits per heavy atom. The van der Waals surface area contributed by atoms with Gasteiger partial charge in [-0.15, -0.1) is 0 Å². The van der Waals surface area contributed by atoms with E-state index in [1.807, 2.05) is 0 Å². The summed E-state index contributed by atoms with van der Waals surface area (Å²) in [5, 5.41) is 0. The van der Waals surface area contributed by atoms with E-state index in [1.165, 1.54) is 47.9 Å². The third kappa shape index (κ3) is 3.56. The van der Waals surface area contributed by atoms with Crippen LogP contribution in [0.15, 0.2) is 48.5 Å². The summed E-state index contributed by atoms with van der Waals surface area (Å²) in [7, 11) is 0. The summed E-state index contributed by atoms with van der Waals surface area (Å²) in [4.78, 5) is 15.3. The number of fused-ring (bicyclic) bond motifs is 1. The monoisotopic (exact) mass is 347 g/mol. The molecule has 0 saturated heterocycles. The summed E-state index contributed by atoms with van der Waals surface area (Å²) in [6.07, 6.45) is 8.07. The lowest BCUT2D eigenvalue weighted by Gasteiger charge is -2.38. The standard InChI is InChI=1S/C24H29NO/c1-18-10-13-21(14-11-18)24-22-9-5-4-8-20(22)16-17-25(24)23(26)15-12-19-6-2-3-7-19/h4-5,8-11,13-14,19,24H,2-3,6-7,12,15-17H2,1H3/t24-/m1/s1. The van der Waals surface area contributed by atoms with Crippen molar-refractivity contribution in [2.75, 3.05) is 6.54 Å². The van der Waals surface area contributed by atoms with Crippen molar-refractivity contribution in [2.24, 2.45) is 5.92 Å². The second kappa shape index (κ2) is 7.65. The molecule has 1 atom stereocenters. The number of amides is 1. The Morgan fingerprint density at radius 3 is 2.54 bits per heavy atom. The zero-order valence-corrected chi connectivity index (χ0v) is 15.8. The number of carbonyl (C=O) groups excluding carboxylic acids is 1. The average Bonchev–Trinajstić information content (AvgIpc) is 3.19. The van der Waals surface area contributed by atoms with Crippen LogP contribution in [0.2, 0.25) is 0 Å². The van der Waals surface area contributed by atoms with E-state index in [2.05, 4.69) is 60.4 Å². The Balaban J connectivity index is 1.59. The number of carbonyl (C=O) groups is 1. The Bertz CT molecular complexity index is 758. The van der Waals surface area contributed by atoms with Crippen LogP contribution in [0.5, 0.6) is 0 Å². The molecule has 0 bridgehead atoms. The van der Waals surface area contributed by atoms with Crippen molar-refractivity contribution in [1.29, 1.82) is 0 Å². The zero-order chi connectivity index (χ0) is 17.9. The molecule has 2 aromatic rings. The van der Waals surface area contributed by atoms with E-state index >= 15 is 0 Å². The summed E-state index contributed by atoms with van der Waals surface area (Å²) in [5.41, 5.74) is 5.18. The molecule has 1 amide bonds. The summed E-state index contributed by atoms with van der Waals surface area (Å²) in [6.45, 7) is 2.95. The molecule has 2 aromatic carbocycles. The molecule has 0 spiro atoms. The largest absolute Gasteiger partial charge is 0.331 e. The fourth-order valence-electron chi connectivity index (χ4n) is 4.71. The van der Waals surface area contributed by atoms with Gasteiger partial charge in [-0.05, 0) is 42.4 Å². The third-order valence-corrected chi connectivity index (χ3v) is 6.24. The van der Waals surface area contributed by atoms with E-state index in [4.69, 9.17) is 0 Å². The van der Waals surface area contributed by atoms with E-state index in [-0.39, 0.29) is 6.04 Å². The lowest BCUT2D eigenvalue weighted by molar-refractivity contribution is -0.133. The summed E-state index contributed by atoms with van der Waals surface area (Å²) < 4.78 is 0. The molecule has 0 unspecified atom stereocenters. The Kier molecular flexibility index (Phi) is 5.10. The fraction of sp³-hybridized carbons (Fsp3) is 0.458. The highest BCUT2D eigenvalue weighted by Gasteiger charge is 2.32. The van der Waals surface area contributed by atoms with Crippen LogP contribution in [0.1, 0.15) is 66.8 Å². The second-order valence-electron chi connectivity index (χ2n) is 8.04. The van der Waals surface area contributed by atoms with Gasteiger partial charge in [-0.2, -0.15) is 0 Å². The zero-order valence-electron chi connectivity index (χ0n) is 15.8. The molecule has 2 aliphatic rings. The normalized spacial score (nSPS) is 20.2. The predicted octanol–water partition coefficient (Wildman–Crippen LogP) is 5.44. The second-order valence-corrected chi connectivity index (χ2v) is 8.04. The van der Waals surface area contributed by atoms with Crippen molar-refractivity contribution in [1.82, 2.24) is 4.90 Å². The van der Waals surface area contributed by atoms with Crippen molar-refractivity contribution in [3.63, 3.8) is 0 Å². The van der Waals surface area contributed by atoms with Crippen molar-refractivity contribution < 1.29 is 4.79 Å². The van der Waals surface area contributed by atoms with E-state index in [9.17, 15) is 4.79 Å². The molecule has 2 heteroatoms. The van der Waals surface area contributed by atoms with Crippen molar-refractivity contribution in [2.45, 2.75) is 57.9 Å². The summed E-state index contributed by atoms with van der Waals surface area (Å²) in [6, 6.07) is 17.4. The van der Waals surface area contributed by atoms with E-state index in [0.29, 0.717) is 12.3 Å². The smallest absolute Gasteiger partial charge is 0.223 e. The van der Waals surface area contributed by atoms with Gasteiger partial charge in [-0.1, -0.05) is 79.8 Å². The first-order valence-corrected chi connectivity index (χ1v) is 10.2. The molecule has 2 nitrogen and oxygen atoms in total. The number of nitrogens with zero attached hydrogens (tertiary/aromatic N) is 1. The van der Waals surface area contributed by atoms with Crippen LogP contribution in [0, 0.1) is 12.8 Å². The first kappa shape index (κ1) is 17.3. The highest BCUT2D eigenvalue weighted by atomic mass is 16.2. The molecule has 1 saturated carbocycles. The van der Waals surface area contributed by atoms with Gasteiger partial charge in [0.15, 0.2) is 0 Å². The maximum absolute atomic E-state index is 13.1. The van der Waals surface area contributed by atoms with E-state index in [1.54, 1.807) is 0 Å². The first-order chi connectivity index (χ1) is 12.7. The van der Waals surface area contributed by atoms with Crippen LogP contribution in [0.3, 0.4) is 0 Å². The van der Waals surface area contributed by atoms with Gasteiger partial charge in [-0.3, -0.25) is 4.79 Å². The van der Waals surface area contributed by atoms with Crippen LogP contribution >= 0.6 is 0 Å². The Morgan fingerprint density at radius 2 is 1.77 bits per heavy atom. The van der Waals surface area contributed by atoms with Gasteiger partial charge in [0.1, 0.15) is 0 Å². The molecule has 1 aliphatic carbocycles. The highest BCUT2D eigenvalue weighted by Crippen LogP contribution is 2.36. The lowest BCUT2D eigenvalue weighted by atomic mass is 9.87. The van der Waals surface area contributed by atoms with Crippen LogP contribution in [0.4, 0.5) is 0 Å². The molecule has 0 radical (unpaired) electrons. The fourth-order valence-corrected chi connectivity index (χ4v) is 4.71. The molecule has 1 heterocycles. The first-order valence-electron chi connectivity index (χ1n) is 10.2. The van der Waals surface area contributed by atoms with Gasteiger partial charge in [-0.25, -0.2) is 0 Å². The molecule has 0 N–H and O–H groups in total. The molecule has 26 heavy (non-hydrogen) atoms. The SMILES string of the molecule is Cc1ccc([C@@H]2c3ccccc3CCN2C(=O)CCC2CCCC2)cc1. The van der Waals surface area contributed by atoms with Gasteiger partial charge in [0.25, 0.3) is 0 Å². The van der Waals surface area contributed by atoms with Crippen LogP contribution in [-0.2, 0) is 11.2 Å². The molecule has 136 valence electrons. The minimum Gasteiger partial charge on any atom is -0.331 e. The predicted molar refractivity (Wildman–Crippen MR) is 106 cm³/mol. The van der Waals surface area contributed by atoms with Gasteiger partial charge in [0.2, 0.25) is 5.91 Å². The minimum atomic E-state index is 0.0663. The van der Waals surface area contributed by atoms with Gasteiger partial charge < -0.3 is 4.90 Å². The van der Waals surface area contributed by atoms with Crippen LogP contribution in [0.25, 0.3) is 0 Å². The summed E-state index contributed by atoms with van der Waals surface area (Å²) in [5.74, 6) is 1.10. The number of hydrogen-bond donors (Lipinski definition) is 0. The van der Waals surface area contributed by atoms with Crippen molar-refractivity contribution >= 4 is 5.91 Å². The quantitative estimate of drug-likeness (QED) is 0.721. The van der Waals surface area contributed by atoms with Gasteiger partial charge >= 0.3 is 0 Å². The topological polar surface area (TPSA) is 20.3 Å². The minimum absolute atomic E-state index is 0.0663. The van der Waals surface area contributed by atoms with E-state index in [0.717, 1.165) is 25.3 Å². The molecular formula is C24H29NO. The van der Waals surface area contributed by atoms with Crippen LogP contribution in [-0.4, -0.2) is 17.4 Å². The maximum Gasteiger partial charge on any atom is 0.223 e. The van der Waals surface area contributed by atoms with Crippen LogP contribution < -0.4 is 0 Å².